The Morgan fingerprint density at radius 3 is 1.04 bits per heavy atom. The molecule has 0 atom stereocenters. The van der Waals surface area contributed by atoms with Crippen LogP contribution in [0.1, 0.15) is 162 Å². The maximum Gasteiger partial charge on any atom is 0.193 e. The minimum Gasteiger partial charge on any atom is -0.490 e. The van der Waals surface area contributed by atoms with E-state index in [1.165, 1.54) is 25.7 Å². The Labute approximate surface area is 337 Å². The van der Waals surface area contributed by atoms with Gasteiger partial charge >= 0.3 is 0 Å². The van der Waals surface area contributed by atoms with Crippen molar-refractivity contribution in [2.24, 2.45) is 0 Å². The van der Waals surface area contributed by atoms with Gasteiger partial charge in [0.1, 0.15) is 0 Å². The maximum atomic E-state index is 14.4. The van der Waals surface area contributed by atoms with E-state index in [9.17, 15) is 9.59 Å². The van der Waals surface area contributed by atoms with Crippen LogP contribution in [0.5, 0.6) is 23.0 Å². The van der Waals surface area contributed by atoms with E-state index in [0.29, 0.717) is 82.8 Å². The molecule has 6 nitrogen and oxygen atoms in total. The Hall–Kier alpha value is -4.58. The number of rotatable bonds is 29. The lowest BCUT2D eigenvalue weighted by molar-refractivity contribution is 0.102. The Bertz CT molecular complexity index is 1630. The van der Waals surface area contributed by atoms with Crippen LogP contribution in [0.15, 0.2) is 84.9 Å². The minimum absolute atomic E-state index is 0.146. The maximum absolute atomic E-state index is 14.4. The molecule has 0 bridgehead atoms. The van der Waals surface area contributed by atoms with Crippen LogP contribution < -0.4 is 18.9 Å². The van der Waals surface area contributed by atoms with Crippen LogP contribution in [0.2, 0.25) is 0 Å². The first kappa shape index (κ1) is 44.1. The van der Waals surface area contributed by atoms with Crippen molar-refractivity contribution in [1.29, 1.82) is 0 Å². The van der Waals surface area contributed by atoms with E-state index in [0.717, 1.165) is 77.0 Å². The highest BCUT2D eigenvalue weighted by molar-refractivity contribution is 6.17. The summed E-state index contributed by atoms with van der Waals surface area (Å²) < 4.78 is 24.9. The summed E-state index contributed by atoms with van der Waals surface area (Å²) in [6, 6.07) is 26.0. The van der Waals surface area contributed by atoms with E-state index in [4.69, 9.17) is 18.9 Å². The first-order valence-electron chi connectivity index (χ1n) is 21.6. The van der Waals surface area contributed by atoms with Crippen molar-refractivity contribution < 1.29 is 28.5 Å². The Kier molecular flexibility index (Phi) is 20.1. The number of carbonyl (C=O) groups is 2. The van der Waals surface area contributed by atoms with Crippen molar-refractivity contribution in [3.8, 4) is 34.1 Å². The molecule has 0 unspecified atom stereocenters. The van der Waals surface area contributed by atoms with Crippen molar-refractivity contribution in [3.05, 3.63) is 107 Å². The van der Waals surface area contributed by atoms with E-state index in [1.54, 1.807) is 0 Å². The topological polar surface area (TPSA) is 71.1 Å². The summed E-state index contributed by atoms with van der Waals surface area (Å²) in [5.41, 5.74) is 3.43. The van der Waals surface area contributed by atoms with Crippen LogP contribution in [-0.4, -0.2) is 38.0 Å². The molecule has 302 valence electrons. The molecular weight excluding hydrogens is 697 g/mol. The second-order valence-corrected chi connectivity index (χ2v) is 14.7. The molecule has 0 radical (unpaired) electrons. The standard InChI is InChI=1S/C50H66O6/c1-5-9-13-21-33-53-45-31-29-39(37-47(45)55-35-23-15-11-7-3)49(51)43-27-19-17-25-41(43)42-26-18-20-28-44(42)50(52)40-30-32-46(54-34-22-14-10-6-2)48(38-40)56-36-24-16-12-8-4/h17-20,25-32,37-38H,5-16,21-24,33-36H2,1-4H3. The number of hydrogen-bond acceptors (Lipinski definition) is 6. The summed E-state index contributed by atoms with van der Waals surface area (Å²) in [6.07, 6.45) is 17.6. The molecule has 0 saturated heterocycles. The summed E-state index contributed by atoms with van der Waals surface area (Å²) >= 11 is 0. The van der Waals surface area contributed by atoms with Gasteiger partial charge in [0.2, 0.25) is 0 Å². The quantitative estimate of drug-likeness (QED) is 0.0405. The van der Waals surface area contributed by atoms with E-state index in [-0.39, 0.29) is 11.6 Å². The van der Waals surface area contributed by atoms with Gasteiger partial charge in [0.15, 0.2) is 34.6 Å². The molecule has 0 aromatic heterocycles. The highest BCUT2D eigenvalue weighted by Gasteiger charge is 2.22. The second-order valence-electron chi connectivity index (χ2n) is 14.7. The van der Waals surface area contributed by atoms with Crippen molar-refractivity contribution >= 4 is 11.6 Å². The van der Waals surface area contributed by atoms with Crippen LogP contribution >= 0.6 is 0 Å². The van der Waals surface area contributed by atoms with Gasteiger partial charge in [-0.25, -0.2) is 0 Å². The lowest BCUT2D eigenvalue weighted by Crippen LogP contribution is -2.09. The fourth-order valence-electron chi connectivity index (χ4n) is 6.75. The highest BCUT2D eigenvalue weighted by Crippen LogP contribution is 2.35. The zero-order valence-corrected chi connectivity index (χ0v) is 34.7. The molecule has 0 spiro atoms. The van der Waals surface area contributed by atoms with Crippen LogP contribution in [0.25, 0.3) is 11.1 Å². The van der Waals surface area contributed by atoms with Crippen molar-refractivity contribution in [2.45, 2.75) is 130 Å². The number of unbranched alkanes of at least 4 members (excludes halogenated alkanes) is 12. The predicted octanol–water partition coefficient (Wildman–Crippen LogP) is 13.7. The molecule has 56 heavy (non-hydrogen) atoms. The Morgan fingerprint density at radius 2 is 0.696 bits per heavy atom. The largest absolute Gasteiger partial charge is 0.490 e. The highest BCUT2D eigenvalue weighted by atomic mass is 16.5. The Balaban J connectivity index is 1.62. The van der Waals surface area contributed by atoms with Gasteiger partial charge in [-0.15, -0.1) is 0 Å². The van der Waals surface area contributed by atoms with Crippen LogP contribution in [0.4, 0.5) is 0 Å². The first-order valence-corrected chi connectivity index (χ1v) is 21.6. The lowest BCUT2D eigenvalue weighted by Gasteiger charge is -2.17. The van der Waals surface area contributed by atoms with Gasteiger partial charge in [-0.2, -0.15) is 0 Å². The minimum atomic E-state index is -0.146. The normalized spacial score (nSPS) is 11.0. The molecule has 0 heterocycles. The third kappa shape index (κ3) is 13.9. The average Bonchev–Trinajstić information content (AvgIpc) is 3.23. The predicted molar refractivity (Wildman–Crippen MR) is 230 cm³/mol. The zero-order valence-electron chi connectivity index (χ0n) is 34.7. The fraction of sp³-hybridized carbons (Fsp3) is 0.480. The molecule has 6 heteroatoms. The molecular formula is C50H66O6. The van der Waals surface area contributed by atoms with Crippen molar-refractivity contribution in [2.75, 3.05) is 26.4 Å². The van der Waals surface area contributed by atoms with Gasteiger partial charge in [-0.05, 0) is 73.2 Å². The van der Waals surface area contributed by atoms with Gasteiger partial charge in [-0.3, -0.25) is 9.59 Å². The van der Waals surface area contributed by atoms with Crippen LogP contribution in [-0.2, 0) is 0 Å². The monoisotopic (exact) mass is 762 g/mol. The molecule has 0 amide bonds. The van der Waals surface area contributed by atoms with Crippen molar-refractivity contribution in [1.82, 2.24) is 0 Å². The van der Waals surface area contributed by atoms with Crippen LogP contribution in [0, 0.1) is 0 Å². The third-order valence-corrected chi connectivity index (χ3v) is 10.1. The van der Waals surface area contributed by atoms with Gasteiger partial charge < -0.3 is 18.9 Å². The number of ether oxygens (including phenoxy) is 4. The van der Waals surface area contributed by atoms with Gasteiger partial charge in [0.25, 0.3) is 0 Å². The third-order valence-electron chi connectivity index (χ3n) is 10.1. The van der Waals surface area contributed by atoms with E-state index in [1.807, 2.05) is 84.9 Å². The average molecular weight is 763 g/mol. The molecule has 0 N–H and O–H groups in total. The fourth-order valence-corrected chi connectivity index (χ4v) is 6.75. The van der Waals surface area contributed by atoms with Gasteiger partial charge in [0.05, 0.1) is 26.4 Å². The Morgan fingerprint density at radius 1 is 0.375 bits per heavy atom. The molecule has 4 rings (SSSR count). The summed E-state index contributed by atoms with van der Waals surface area (Å²) in [4.78, 5) is 28.8. The second kappa shape index (κ2) is 25.6. The van der Waals surface area contributed by atoms with E-state index >= 15 is 0 Å². The summed E-state index contributed by atoms with van der Waals surface area (Å²) in [5, 5.41) is 0. The lowest BCUT2D eigenvalue weighted by atomic mass is 9.89. The first-order chi connectivity index (χ1) is 27.5. The van der Waals surface area contributed by atoms with Gasteiger partial charge in [-0.1, -0.05) is 153 Å². The molecule has 0 fully saturated rings. The van der Waals surface area contributed by atoms with Crippen molar-refractivity contribution in [3.63, 3.8) is 0 Å². The summed E-state index contributed by atoms with van der Waals surface area (Å²) in [6.45, 7) is 11.1. The van der Waals surface area contributed by atoms with Gasteiger partial charge in [0, 0.05) is 22.3 Å². The molecule has 0 aliphatic carbocycles. The number of ketones is 2. The molecule has 4 aromatic carbocycles. The smallest absolute Gasteiger partial charge is 0.193 e. The number of hydrogen-bond donors (Lipinski definition) is 0. The van der Waals surface area contributed by atoms with Crippen LogP contribution in [0.3, 0.4) is 0 Å². The molecule has 4 aromatic rings. The number of benzene rings is 4. The summed E-state index contributed by atoms with van der Waals surface area (Å²) in [7, 11) is 0. The SMILES string of the molecule is CCCCCCOc1ccc(C(=O)c2ccccc2-c2ccccc2C(=O)c2ccc(OCCCCCC)c(OCCCCCC)c2)cc1OCCCCCC. The summed E-state index contributed by atoms with van der Waals surface area (Å²) in [5.74, 6) is 2.21. The zero-order chi connectivity index (χ0) is 39.8. The molecule has 0 aliphatic rings. The number of carbonyl (C=O) groups excluding carboxylic acids is 2. The van der Waals surface area contributed by atoms with E-state index in [2.05, 4.69) is 27.7 Å². The molecule has 0 saturated carbocycles. The van der Waals surface area contributed by atoms with E-state index < -0.39 is 0 Å². The molecule has 0 aliphatic heterocycles.